The fourth-order valence-corrected chi connectivity index (χ4v) is 2.39. The summed E-state index contributed by atoms with van der Waals surface area (Å²) in [6.07, 6.45) is 2.10. The van der Waals surface area contributed by atoms with Crippen LogP contribution in [-0.2, 0) is 11.3 Å². The fourth-order valence-electron chi connectivity index (χ4n) is 2.39. The Morgan fingerprint density at radius 2 is 2.18 bits per heavy atom. The number of benzene rings is 1. The normalized spacial score (nSPS) is 17.5. The Morgan fingerprint density at radius 1 is 1.36 bits per heavy atom. The highest BCUT2D eigenvalue weighted by atomic mass is 35.5. The Hall–Kier alpha value is -1.99. The highest BCUT2D eigenvalue weighted by Gasteiger charge is 2.16. The van der Waals surface area contributed by atoms with Gasteiger partial charge in [-0.15, -0.1) is 22.6 Å². The van der Waals surface area contributed by atoms with Gasteiger partial charge in [0.1, 0.15) is 6.54 Å². The lowest BCUT2D eigenvalue weighted by atomic mass is 10.1. The van der Waals surface area contributed by atoms with Gasteiger partial charge in [0, 0.05) is 18.2 Å². The smallest absolute Gasteiger partial charge is 0.243 e. The zero-order chi connectivity index (χ0) is 14.5. The van der Waals surface area contributed by atoms with Crippen LogP contribution in [0.15, 0.2) is 30.3 Å². The Morgan fingerprint density at radius 3 is 2.91 bits per heavy atom. The molecule has 1 aliphatic rings. The molecule has 1 amide bonds. The van der Waals surface area contributed by atoms with Gasteiger partial charge in [-0.05, 0) is 24.6 Å². The quantitative estimate of drug-likeness (QED) is 0.862. The van der Waals surface area contributed by atoms with Gasteiger partial charge in [-0.1, -0.05) is 30.3 Å². The van der Waals surface area contributed by atoms with E-state index in [1.165, 1.54) is 4.80 Å². The third-order valence-electron chi connectivity index (χ3n) is 3.43. The van der Waals surface area contributed by atoms with E-state index in [-0.39, 0.29) is 30.9 Å². The molecule has 22 heavy (non-hydrogen) atoms. The van der Waals surface area contributed by atoms with Crippen molar-refractivity contribution in [3.05, 3.63) is 30.3 Å². The van der Waals surface area contributed by atoms with Gasteiger partial charge in [0.15, 0.2) is 0 Å². The predicted molar refractivity (Wildman–Crippen MR) is 84.5 cm³/mol. The summed E-state index contributed by atoms with van der Waals surface area (Å²) in [6, 6.07) is 9.78. The number of carbonyl (C=O) groups excluding carboxylic acids is 1. The zero-order valence-electron chi connectivity index (χ0n) is 12.1. The van der Waals surface area contributed by atoms with Crippen LogP contribution in [0.5, 0.6) is 0 Å². The Labute approximate surface area is 134 Å². The molecule has 0 unspecified atom stereocenters. The lowest BCUT2D eigenvalue weighted by Gasteiger charge is -2.23. The summed E-state index contributed by atoms with van der Waals surface area (Å²) in [5, 5.41) is 18.4. The minimum Gasteiger partial charge on any atom is -0.350 e. The van der Waals surface area contributed by atoms with Crippen LogP contribution in [0.4, 0.5) is 0 Å². The van der Waals surface area contributed by atoms with Crippen molar-refractivity contribution < 1.29 is 4.79 Å². The number of carbonyl (C=O) groups is 1. The molecule has 7 nitrogen and oxygen atoms in total. The van der Waals surface area contributed by atoms with Crippen LogP contribution in [0.2, 0.25) is 0 Å². The molecule has 118 valence electrons. The summed E-state index contributed by atoms with van der Waals surface area (Å²) in [4.78, 5) is 13.3. The number of amides is 1. The fraction of sp³-hybridized carbons (Fsp3) is 0.429. The van der Waals surface area contributed by atoms with Gasteiger partial charge < -0.3 is 10.6 Å². The van der Waals surface area contributed by atoms with E-state index >= 15 is 0 Å². The van der Waals surface area contributed by atoms with Gasteiger partial charge in [-0.25, -0.2) is 0 Å². The number of halogens is 1. The average molecular weight is 323 g/mol. The van der Waals surface area contributed by atoms with Crippen LogP contribution < -0.4 is 10.6 Å². The maximum absolute atomic E-state index is 12.0. The molecule has 3 rings (SSSR count). The molecular weight excluding hydrogens is 304 g/mol. The summed E-state index contributed by atoms with van der Waals surface area (Å²) in [6.45, 7) is 1.94. The van der Waals surface area contributed by atoms with E-state index in [1.807, 2.05) is 30.3 Å². The molecule has 1 fully saturated rings. The monoisotopic (exact) mass is 322 g/mol. The summed E-state index contributed by atoms with van der Waals surface area (Å²) in [5.74, 6) is 0.448. The van der Waals surface area contributed by atoms with Crippen molar-refractivity contribution in [1.82, 2.24) is 30.8 Å². The number of hydrogen-bond acceptors (Lipinski definition) is 5. The molecule has 2 heterocycles. The summed E-state index contributed by atoms with van der Waals surface area (Å²) >= 11 is 0. The standard InChI is InChI=1S/C14H18N6O.ClH/c21-13(16-12-7-4-8-15-9-12)10-20-18-14(17-19-20)11-5-2-1-3-6-11;/h1-3,5-6,12,15H,4,7-10H2,(H,16,21);1H/t12-;/m0./s1. The molecule has 1 aliphatic heterocycles. The van der Waals surface area contributed by atoms with Crippen molar-refractivity contribution in [3.63, 3.8) is 0 Å². The second-order valence-corrected chi connectivity index (χ2v) is 5.12. The van der Waals surface area contributed by atoms with Crippen molar-refractivity contribution in [2.24, 2.45) is 0 Å². The maximum Gasteiger partial charge on any atom is 0.243 e. The number of nitrogens with zero attached hydrogens (tertiary/aromatic N) is 4. The minimum absolute atomic E-state index is 0. The first-order valence-corrected chi connectivity index (χ1v) is 7.14. The number of hydrogen-bond donors (Lipinski definition) is 2. The SMILES string of the molecule is Cl.O=C(Cn1nnc(-c2ccccc2)n1)N[C@H]1CCCNC1. The third kappa shape index (κ3) is 4.25. The van der Waals surface area contributed by atoms with Crippen LogP contribution in [0.1, 0.15) is 12.8 Å². The Bertz CT molecular complexity index is 596. The van der Waals surface area contributed by atoms with Gasteiger partial charge in [0.2, 0.25) is 11.7 Å². The van der Waals surface area contributed by atoms with Gasteiger partial charge in [-0.2, -0.15) is 4.80 Å². The van der Waals surface area contributed by atoms with E-state index in [4.69, 9.17) is 0 Å². The Balaban J connectivity index is 0.00000176. The van der Waals surface area contributed by atoms with Gasteiger partial charge >= 0.3 is 0 Å². The molecule has 2 N–H and O–H groups in total. The first kappa shape index (κ1) is 16.4. The largest absolute Gasteiger partial charge is 0.350 e. The van der Waals surface area contributed by atoms with E-state index in [0.717, 1.165) is 31.5 Å². The summed E-state index contributed by atoms with van der Waals surface area (Å²) in [5.41, 5.74) is 0.889. The second kappa shape index (κ2) is 7.86. The van der Waals surface area contributed by atoms with Gasteiger partial charge in [0.25, 0.3) is 0 Å². The van der Waals surface area contributed by atoms with Crippen molar-refractivity contribution >= 4 is 18.3 Å². The molecule has 1 saturated heterocycles. The molecule has 1 aromatic heterocycles. The van der Waals surface area contributed by atoms with E-state index in [1.54, 1.807) is 0 Å². The number of rotatable bonds is 4. The summed E-state index contributed by atoms with van der Waals surface area (Å²) < 4.78 is 0. The molecule has 0 spiro atoms. The van der Waals surface area contributed by atoms with E-state index in [2.05, 4.69) is 26.0 Å². The summed E-state index contributed by atoms with van der Waals surface area (Å²) in [7, 11) is 0. The first-order valence-electron chi connectivity index (χ1n) is 7.14. The van der Waals surface area contributed by atoms with Crippen molar-refractivity contribution in [1.29, 1.82) is 0 Å². The number of piperidine rings is 1. The molecule has 0 aliphatic carbocycles. The second-order valence-electron chi connectivity index (χ2n) is 5.12. The van der Waals surface area contributed by atoms with Crippen molar-refractivity contribution in [2.75, 3.05) is 13.1 Å². The number of tetrazole rings is 1. The highest BCUT2D eigenvalue weighted by Crippen LogP contribution is 2.11. The van der Waals surface area contributed by atoms with E-state index in [0.29, 0.717) is 5.82 Å². The highest BCUT2D eigenvalue weighted by molar-refractivity contribution is 5.85. The molecule has 8 heteroatoms. The Kier molecular flexibility index (Phi) is 5.85. The lowest BCUT2D eigenvalue weighted by molar-refractivity contribution is -0.122. The first-order chi connectivity index (χ1) is 10.3. The van der Waals surface area contributed by atoms with Crippen molar-refractivity contribution in [3.8, 4) is 11.4 Å². The molecule has 1 atom stereocenters. The molecule has 0 bridgehead atoms. The predicted octanol–water partition coefficient (Wildman–Crippen LogP) is 0.630. The van der Waals surface area contributed by atoms with Crippen LogP contribution in [0, 0.1) is 0 Å². The molecule has 0 radical (unpaired) electrons. The van der Waals surface area contributed by atoms with Crippen LogP contribution in [0.25, 0.3) is 11.4 Å². The number of nitrogens with one attached hydrogen (secondary N) is 2. The van der Waals surface area contributed by atoms with E-state index in [9.17, 15) is 4.79 Å². The van der Waals surface area contributed by atoms with Crippen LogP contribution in [-0.4, -0.2) is 45.2 Å². The van der Waals surface area contributed by atoms with E-state index < -0.39 is 0 Å². The van der Waals surface area contributed by atoms with Crippen LogP contribution in [0.3, 0.4) is 0 Å². The van der Waals surface area contributed by atoms with Gasteiger partial charge in [-0.3, -0.25) is 4.79 Å². The topological polar surface area (TPSA) is 84.7 Å². The maximum atomic E-state index is 12.0. The average Bonchev–Trinajstić information content (AvgIpc) is 2.97. The van der Waals surface area contributed by atoms with Gasteiger partial charge in [0.05, 0.1) is 0 Å². The lowest BCUT2D eigenvalue weighted by Crippen LogP contribution is -2.46. The zero-order valence-corrected chi connectivity index (χ0v) is 12.9. The number of aromatic nitrogens is 4. The molecule has 1 aromatic carbocycles. The van der Waals surface area contributed by atoms with Crippen molar-refractivity contribution in [2.45, 2.75) is 25.4 Å². The molecule has 2 aromatic rings. The molecular formula is C14H19ClN6O. The third-order valence-corrected chi connectivity index (χ3v) is 3.43. The van der Waals surface area contributed by atoms with Crippen LogP contribution >= 0.6 is 12.4 Å². The minimum atomic E-state index is -0.0827. The molecule has 0 saturated carbocycles.